The van der Waals surface area contributed by atoms with Gasteiger partial charge in [-0.15, -0.1) is 23.1 Å². The number of amides is 1. The summed E-state index contributed by atoms with van der Waals surface area (Å²) >= 11 is 2.99. The molecule has 0 radical (unpaired) electrons. The molecule has 1 saturated carbocycles. The first-order valence-corrected chi connectivity index (χ1v) is 13.1. The molecule has 3 heterocycles. The molecule has 1 amide bonds. The number of fused-ring (bicyclic) bond motifs is 1. The van der Waals surface area contributed by atoms with Gasteiger partial charge in [0.1, 0.15) is 10.7 Å². The summed E-state index contributed by atoms with van der Waals surface area (Å²) in [5.41, 5.74) is 3.99. The third-order valence-corrected chi connectivity index (χ3v) is 8.44. The molecule has 1 aromatic carbocycles. The molecule has 1 aliphatic rings. The number of aryl methyl sites for hydroxylation is 3. The van der Waals surface area contributed by atoms with Gasteiger partial charge in [-0.3, -0.25) is 14.6 Å². The lowest BCUT2D eigenvalue weighted by molar-refractivity contribution is 0.0734. The van der Waals surface area contributed by atoms with Crippen LogP contribution < -0.4 is 5.56 Å². The Hall–Kier alpha value is -2.97. The van der Waals surface area contributed by atoms with Gasteiger partial charge in [0, 0.05) is 29.9 Å². The SMILES string of the molecule is Cc1ccc(C)c(SCc2nc3sc(C(=O)N(Cc4ccncc4)C4CC4)c(C)c3c(=O)[nH]2)c1. The number of rotatable bonds is 7. The number of thiophene rings is 1. The maximum atomic E-state index is 13.6. The second kappa shape index (κ2) is 9.35. The standard InChI is InChI=1S/C26H26N4O2S2/c1-15-4-5-16(2)20(12-15)33-14-21-28-24(31)22-17(3)23(34-25(22)29-21)26(32)30(19-6-7-19)13-18-8-10-27-11-9-18/h4-5,8-12,19H,6-7,13-14H2,1-3H3,(H,28,29,31). The fraction of sp³-hybridized carbons (Fsp3) is 0.308. The number of benzene rings is 1. The Balaban J connectivity index is 1.43. The van der Waals surface area contributed by atoms with Crippen LogP contribution in [0.25, 0.3) is 10.2 Å². The second-order valence-electron chi connectivity index (χ2n) is 8.83. The van der Waals surface area contributed by atoms with Gasteiger partial charge >= 0.3 is 0 Å². The molecule has 4 aromatic rings. The summed E-state index contributed by atoms with van der Waals surface area (Å²) in [7, 11) is 0. The number of carbonyl (C=O) groups is 1. The van der Waals surface area contributed by atoms with Crippen LogP contribution in [0.15, 0.2) is 52.4 Å². The highest BCUT2D eigenvalue weighted by atomic mass is 32.2. The molecule has 0 saturated heterocycles. The molecule has 1 fully saturated rings. The van der Waals surface area contributed by atoms with Crippen molar-refractivity contribution in [3.05, 3.63) is 86.0 Å². The Kier molecular flexibility index (Phi) is 6.27. The van der Waals surface area contributed by atoms with E-state index in [-0.39, 0.29) is 17.5 Å². The molecule has 0 aliphatic heterocycles. The molecule has 0 atom stereocenters. The van der Waals surface area contributed by atoms with E-state index in [1.165, 1.54) is 27.4 Å². The van der Waals surface area contributed by atoms with Gasteiger partial charge in [-0.05, 0) is 68.5 Å². The number of carbonyl (C=O) groups excluding carboxylic acids is 1. The molecule has 0 unspecified atom stereocenters. The smallest absolute Gasteiger partial charge is 0.264 e. The Morgan fingerprint density at radius 2 is 1.94 bits per heavy atom. The van der Waals surface area contributed by atoms with Crippen LogP contribution in [0.5, 0.6) is 0 Å². The average molecular weight is 491 g/mol. The Bertz CT molecular complexity index is 1420. The van der Waals surface area contributed by atoms with Gasteiger partial charge < -0.3 is 9.88 Å². The minimum Gasteiger partial charge on any atom is -0.331 e. The maximum Gasteiger partial charge on any atom is 0.264 e. The van der Waals surface area contributed by atoms with Gasteiger partial charge in [0.15, 0.2) is 0 Å². The highest BCUT2D eigenvalue weighted by Crippen LogP contribution is 2.34. The number of nitrogens with one attached hydrogen (secondary N) is 1. The summed E-state index contributed by atoms with van der Waals surface area (Å²) in [6, 6.07) is 10.5. The lowest BCUT2D eigenvalue weighted by Crippen LogP contribution is -2.32. The quantitative estimate of drug-likeness (QED) is 0.351. The van der Waals surface area contributed by atoms with Crippen molar-refractivity contribution >= 4 is 39.2 Å². The summed E-state index contributed by atoms with van der Waals surface area (Å²) < 4.78 is 0. The van der Waals surface area contributed by atoms with Crippen LogP contribution in [-0.4, -0.2) is 31.8 Å². The number of aromatic amines is 1. The van der Waals surface area contributed by atoms with E-state index in [9.17, 15) is 9.59 Å². The van der Waals surface area contributed by atoms with Crippen molar-refractivity contribution < 1.29 is 4.79 Å². The normalized spacial score (nSPS) is 13.4. The maximum absolute atomic E-state index is 13.6. The van der Waals surface area contributed by atoms with Crippen molar-refractivity contribution in [2.45, 2.75) is 56.8 Å². The number of hydrogen-bond acceptors (Lipinski definition) is 6. The van der Waals surface area contributed by atoms with E-state index in [1.807, 2.05) is 24.0 Å². The van der Waals surface area contributed by atoms with E-state index >= 15 is 0 Å². The van der Waals surface area contributed by atoms with Gasteiger partial charge in [-0.1, -0.05) is 17.7 Å². The minimum absolute atomic E-state index is 0.0227. The fourth-order valence-electron chi connectivity index (χ4n) is 4.04. The first-order valence-electron chi connectivity index (χ1n) is 11.3. The average Bonchev–Trinajstić information content (AvgIpc) is 3.61. The number of H-pyrrole nitrogens is 1. The van der Waals surface area contributed by atoms with Crippen molar-refractivity contribution in [2.24, 2.45) is 0 Å². The highest BCUT2D eigenvalue weighted by Gasteiger charge is 2.35. The molecule has 6 nitrogen and oxygen atoms in total. The zero-order chi connectivity index (χ0) is 23.8. The van der Waals surface area contributed by atoms with Crippen LogP contribution in [0, 0.1) is 20.8 Å². The number of nitrogens with zero attached hydrogens (tertiary/aromatic N) is 3. The van der Waals surface area contributed by atoms with Gasteiger partial charge in [0.05, 0.1) is 16.0 Å². The van der Waals surface area contributed by atoms with Crippen LogP contribution in [0.2, 0.25) is 0 Å². The van der Waals surface area contributed by atoms with Crippen molar-refractivity contribution in [1.29, 1.82) is 0 Å². The number of aromatic nitrogens is 3. The van der Waals surface area contributed by atoms with Gasteiger partial charge in [-0.2, -0.15) is 0 Å². The lowest BCUT2D eigenvalue weighted by Gasteiger charge is -2.22. The zero-order valence-electron chi connectivity index (χ0n) is 19.4. The Morgan fingerprint density at radius 3 is 2.68 bits per heavy atom. The van der Waals surface area contributed by atoms with E-state index in [1.54, 1.807) is 24.2 Å². The predicted octanol–water partition coefficient (Wildman–Crippen LogP) is 5.40. The summed E-state index contributed by atoms with van der Waals surface area (Å²) in [6.07, 6.45) is 5.52. The van der Waals surface area contributed by atoms with Crippen LogP contribution in [-0.2, 0) is 12.3 Å². The summed E-state index contributed by atoms with van der Waals surface area (Å²) in [5, 5.41) is 0.522. The third kappa shape index (κ3) is 4.65. The van der Waals surface area contributed by atoms with Gasteiger partial charge in [0.25, 0.3) is 11.5 Å². The predicted molar refractivity (Wildman–Crippen MR) is 138 cm³/mol. The van der Waals surface area contributed by atoms with E-state index in [4.69, 9.17) is 4.98 Å². The number of pyridine rings is 1. The molecule has 3 aromatic heterocycles. The summed E-state index contributed by atoms with van der Waals surface area (Å²) in [4.78, 5) is 42.6. The molecule has 0 spiro atoms. The number of hydrogen-bond donors (Lipinski definition) is 1. The summed E-state index contributed by atoms with van der Waals surface area (Å²) in [6.45, 7) is 6.55. The van der Waals surface area contributed by atoms with Crippen molar-refractivity contribution in [2.75, 3.05) is 0 Å². The zero-order valence-corrected chi connectivity index (χ0v) is 21.1. The van der Waals surface area contributed by atoms with Crippen LogP contribution in [0.1, 0.15) is 50.6 Å². The van der Waals surface area contributed by atoms with Crippen molar-refractivity contribution in [1.82, 2.24) is 19.9 Å². The minimum atomic E-state index is -0.179. The fourth-order valence-corrected chi connectivity index (χ4v) is 6.19. The topological polar surface area (TPSA) is 79.0 Å². The van der Waals surface area contributed by atoms with E-state index in [2.05, 4.69) is 42.0 Å². The molecule has 1 aliphatic carbocycles. The Labute approximate surface area is 206 Å². The van der Waals surface area contributed by atoms with E-state index < -0.39 is 0 Å². The first-order chi connectivity index (χ1) is 16.4. The van der Waals surface area contributed by atoms with Crippen molar-refractivity contribution in [3.8, 4) is 0 Å². The third-order valence-electron chi connectivity index (χ3n) is 6.10. The summed E-state index contributed by atoms with van der Waals surface area (Å²) in [5.74, 6) is 1.16. The molecule has 8 heteroatoms. The second-order valence-corrected chi connectivity index (χ2v) is 10.8. The van der Waals surface area contributed by atoms with Crippen LogP contribution in [0.3, 0.4) is 0 Å². The van der Waals surface area contributed by atoms with Crippen LogP contribution >= 0.6 is 23.1 Å². The molecule has 1 N–H and O–H groups in total. The van der Waals surface area contributed by atoms with Gasteiger partial charge in [-0.25, -0.2) is 4.98 Å². The van der Waals surface area contributed by atoms with E-state index in [0.29, 0.717) is 38.8 Å². The monoisotopic (exact) mass is 490 g/mol. The number of thioether (sulfide) groups is 1. The largest absolute Gasteiger partial charge is 0.331 e. The van der Waals surface area contributed by atoms with Crippen LogP contribution in [0.4, 0.5) is 0 Å². The molecule has 0 bridgehead atoms. The molecule has 174 valence electrons. The molecule has 34 heavy (non-hydrogen) atoms. The Morgan fingerprint density at radius 1 is 1.18 bits per heavy atom. The molecular formula is C26H26N4O2S2. The first kappa shape index (κ1) is 22.8. The van der Waals surface area contributed by atoms with Crippen molar-refractivity contribution in [3.63, 3.8) is 0 Å². The molecular weight excluding hydrogens is 464 g/mol. The van der Waals surface area contributed by atoms with E-state index in [0.717, 1.165) is 18.4 Å². The molecule has 5 rings (SSSR count). The highest BCUT2D eigenvalue weighted by molar-refractivity contribution is 7.98. The lowest BCUT2D eigenvalue weighted by atomic mass is 10.2. The van der Waals surface area contributed by atoms with Gasteiger partial charge in [0.2, 0.25) is 0 Å².